The predicted molar refractivity (Wildman–Crippen MR) is 97.0 cm³/mol. The number of hydrogen-bond acceptors (Lipinski definition) is 3. The van der Waals surface area contributed by atoms with Crippen LogP contribution < -0.4 is 0 Å². The monoisotopic (exact) mass is 338 g/mol. The number of aromatic nitrogens is 2. The van der Waals surface area contributed by atoms with Gasteiger partial charge >= 0.3 is 0 Å². The molecule has 0 N–H and O–H groups in total. The first kappa shape index (κ1) is 16.3. The van der Waals surface area contributed by atoms with Crippen LogP contribution in [0.25, 0.3) is 0 Å². The maximum Gasteiger partial charge on any atom is 0.240 e. The van der Waals surface area contributed by atoms with E-state index in [4.69, 9.17) is 0 Å². The zero-order chi connectivity index (χ0) is 17.1. The molecule has 0 saturated carbocycles. The van der Waals surface area contributed by atoms with Crippen LogP contribution in [-0.4, -0.2) is 51.2 Å². The van der Waals surface area contributed by atoms with Crippen molar-refractivity contribution >= 4 is 5.91 Å². The van der Waals surface area contributed by atoms with E-state index in [1.54, 1.807) is 0 Å². The number of hydrogen-bond donors (Lipinski definition) is 0. The summed E-state index contributed by atoms with van der Waals surface area (Å²) < 4.78 is 2.01. The van der Waals surface area contributed by atoms with Crippen LogP contribution >= 0.6 is 0 Å². The van der Waals surface area contributed by atoms with Crippen molar-refractivity contribution in [1.29, 1.82) is 0 Å². The second-order valence-corrected chi connectivity index (χ2v) is 7.18. The van der Waals surface area contributed by atoms with E-state index in [0.717, 1.165) is 51.9 Å². The van der Waals surface area contributed by atoms with Gasteiger partial charge in [0.25, 0.3) is 0 Å². The Morgan fingerprint density at radius 2 is 1.92 bits per heavy atom. The highest BCUT2D eigenvalue weighted by molar-refractivity contribution is 5.82. The molecule has 2 aromatic rings. The number of nitrogens with zero attached hydrogens (tertiary/aromatic N) is 4. The lowest BCUT2D eigenvalue weighted by molar-refractivity contribution is -0.137. The average molecular weight is 338 g/mol. The molecule has 4 rings (SSSR count). The molecule has 3 heterocycles. The molecule has 0 aliphatic carbocycles. The molecule has 0 unspecified atom stereocenters. The Bertz CT molecular complexity index is 685. The summed E-state index contributed by atoms with van der Waals surface area (Å²) >= 11 is 0. The van der Waals surface area contributed by atoms with E-state index >= 15 is 0 Å². The van der Waals surface area contributed by atoms with Gasteiger partial charge in [0, 0.05) is 32.0 Å². The molecule has 2 saturated heterocycles. The first-order valence-electron chi connectivity index (χ1n) is 9.37. The van der Waals surface area contributed by atoms with Crippen molar-refractivity contribution < 1.29 is 4.79 Å². The Morgan fingerprint density at radius 3 is 2.72 bits per heavy atom. The third-order valence-corrected chi connectivity index (χ3v) is 5.48. The smallest absolute Gasteiger partial charge is 0.240 e. The summed E-state index contributed by atoms with van der Waals surface area (Å²) in [6.07, 6.45) is 8.08. The van der Waals surface area contributed by atoms with Crippen LogP contribution in [-0.2, 0) is 11.3 Å². The Balaban J connectivity index is 1.42. The Kier molecular flexibility index (Phi) is 4.83. The number of rotatable bonds is 4. The van der Waals surface area contributed by atoms with Gasteiger partial charge in [-0.25, -0.2) is 0 Å². The van der Waals surface area contributed by atoms with Gasteiger partial charge in [0.2, 0.25) is 5.91 Å². The molecular weight excluding hydrogens is 312 g/mol. The van der Waals surface area contributed by atoms with Crippen molar-refractivity contribution in [1.82, 2.24) is 19.6 Å². The predicted octanol–water partition coefficient (Wildman–Crippen LogP) is 2.71. The maximum absolute atomic E-state index is 13.2. The van der Waals surface area contributed by atoms with Crippen LogP contribution in [0.3, 0.4) is 0 Å². The molecule has 0 bridgehead atoms. The van der Waals surface area contributed by atoms with Gasteiger partial charge in [-0.2, -0.15) is 5.10 Å². The fourth-order valence-corrected chi connectivity index (χ4v) is 4.19. The SMILES string of the molecule is O=C([C@@H]1CCCN1Cc1ccccc1)N1CCC[C@@H](n2cccn2)C1. The van der Waals surface area contributed by atoms with E-state index in [2.05, 4.69) is 39.2 Å². The van der Waals surface area contributed by atoms with Gasteiger partial charge in [0.05, 0.1) is 12.1 Å². The molecule has 0 radical (unpaired) electrons. The van der Waals surface area contributed by atoms with Crippen molar-refractivity contribution in [2.24, 2.45) is 0 Å². The lowest BCUT2D eigenvalue weighted by atomic mass is 10.0. The van der Waals surface area contributed by atoms with Crippen LogP contribution in [0.5, 0.6) is 0 Å². The zero-order valence-corrected chi connectivity index (χ0v) is 14.6. The summed E-state index contributed by atoms with van der Waals surface area (Å²) in [6.45, 7) is 3.55. The molecule has 132 valence electrons. The van der Waals surface area contributed by atoms with Gasteiger partial charge in [-0.15, -0.1) is 0 Å². The third-order valence-electron chi connectivity index (χ3n) is 5.48. The number of piperidine rings is 1. The molecule has 0 spiro atoms. The van der Waals surface area contributed by atoms with Crippen molar-refractivity contribution in [3.05, 3.63) is 54.4 Å². The largest absolute Gasteiger partial charge is 0.339 e. The molecule has 2 atom stereocenters. The maximum atomic E-state index is 13.2. The summed E-state index contributed by atoms with van der Waals surface area (Å²) in [4.78, 5) is 17.6. The van der Waals surface area contributed by atoms with Gasteiger partial charge in [-0.3, -0.25) is 14.4 Å². The molecule has 2 aliphatic heterocycles. The highest BCUT2D eigenvalue weighted by Gasteiger charge is 2.35. The number of carbonyl (C=O) groups is 1. The Morgan fingerprint density at radius 1 is 1.08 bits per heavy atom. The summed E-state index contributed by atoms with van der Waals surface area (Å²) in [7, 11) is 0. The van der Waals surface area contributed by atoms with Crippen LogP contribution in [0.2, 0.25) is 0 Å². The minimum atomic E-state index is 0.0385. The van der Waals surface area contributed by atoms with Crippen molar-refractivity contribution in [3.63, 3.8) is 0 Å². The molecule has 1 aromatic carbocycles. The van der Waals surface area contributed by atoms with Gasteiger partial charge in [0.1, 0.15) is 0 Å². The minimum absolute atomic E-state index is 0.0385. The highest BCUT2D eigenvalue weighted by Crippen LogP contribution is 2.26. The van der Waals surface area contributed by atoms with Gasteiger partial charge in [-0.1, -0.05) is 30.3 Å². The molecule has 5 nitrogen and oxygen atoms in total. The molecule has 1 aromatic heterocycles. The van der Waals surface area contributed by atoms with Crippen molar-refractivity contribution in [2.75, 3.05) is 19.6 Å². The zero-order valence-electron chi connectivity index (χ0n) is 14.6. The Labute approximate surface area is 149 Å². The second-order valence-electron chi connectivity index (χ2n) is 7.18. The Hall–Kier alpha value is -2.14. The van der Waals surface area contributed by atoms with Crippen LogP contribution in [0.1, 0.15) is 37.3 Å². The first-order chi connectivity index (χ1) is 12.3. The number of benzene rings is 1. The topological polar surface area (TPSA) is 41.4 Å². The molecule has 1 amide bonds. The van der Waals surface area contributed by atoms with E-state index in [9.17, 15) is 4.79 Å². The lowest BCUT2D eigenvalue weighted by Crippen LogP contribution is -2.49. The second kappa shape index (κ2) is 7.40. The van der Waals surface area contributed by atoms with Crippen LogP contribution in [0.4, 0.5) is 0 Å². The fraction of sp³-hybridized carbons (Fsp3) is 0.500. The number of amides is 1. The molecule has 2 fully saturated rings. The summed E-state index contributed by atoms with van der Waals surface area (Å²) in [5.74, 6) is 0.310. The molecular formula is C20H26N4O. The minimum Gasteiger partial charge on any atom is -0.339 e. The van der Waals surface area contributed by atoms with E-state index in [-0.39, 0.29) is 6.04 Å². The molecule has 2 aliphatic rings. The van der Waals surface area contributed by atoms with Gasteiger partial charge < -0.3 is 4.90 Å². The summed E-state index contributed by atoms with van der Waals surface area (Å²) in [5, 5.41) is 4.37. The lowest BCUT2D eigenvalue weighted by Gasteiger charge is -2.36. The van der Waals surface area contributed by atoms with Crippen LogP contribution in [0, 0.1) is 0 Å². The standard InChI is InChI=1S/C20H26N4O/c25-20(23-13-4-9-18(16-23)24-14-6-11-21-24)19-10-5-12-22(19)15-17-7-2-1-3-8-17/h1-3,6-8,11,14,18-19H,4-5,9-10,12-13,15-16H2/t18-,19+/m1/s1. The normalized spacial score (nSPS) is 24.6. The average Bonchev–Trinajstić information content (AvgIpc) is 3.34. The van der Waals surface area contributed by atoms with E-state index in [1.165, 1.54) is 5.56 Å². The quantitative estimate of drug-likeness (QED) is 0.861. The van der Waals surface area contributed by atoms with E-state index in [1.807, 2.05) is 29.2 Å². The van der Waals surface area contributed by atoms with Gasteiger partial charge in [-0.05, 0) is 43.9 Å². The summed E-state index contributed by atoms with van der Waals surface area (Å²) in [6, 6.07) is 12.8. The fourth-order valence-electron chi connectivity index (χ4n) is 4.19. The van der Waals surface area contributed by atoms with Crippen molar-refractivity contribution in [3.8, 4) is 0 Å². The highest BCUT2D eigenvalue weighted by atomic mass is 16.2. The first-order valence-corrected chi connectivity index (χ1v) is 9.37. The molecule has 5 heteroatoms. The number of likely N-dealkylation sites (tertiary alicyclic amines) is 2. The van der Waals surface area contributed by atoms with Crippen molar-refractivity contribution in [2.45, 2.75) is 44.3 Å². The molecule has 25 heavy (non-hydrogen) atoms. The van der Waals surface area contributed by atoms with Gasteiger partial charge in [0.15, 0.2) is 0 Å². The van der Waals surface area contributed by atoms with E-state index < -0.39 is 0 Å². The number of carbonyl (C=O) groups excluding carboxylic acids is 1. The van der Waals surface area contributed by atoms with Crippen LogP contribution in [0.15, 0.2) is 48.8 Å². The summed E-state index contributed by atoms with van der Waals surface area (Å²) in [5.41, 5.74) is 1.29. The van der Waals surface area contributed by atoms with E-state index in [0.29, 0.717) is 11.9 Å². The third kappa shape index (κ3) is 3.61.